The van der Waals surface area contributed by atoms with Crippen molar-refractivity contribution in [1.82, 2.24) is 9.80 Å². The SMILES string of the molecule is CCC(N)C(=O)N(CC(=O)N(C)C)CC(F)(F)F. The number of hydrogen-bond acceptors (Lipinski definition) is 3. The summed E-state index contributed by atoms with van der Waals surface area (Å²) in [4.78, 5) is 24.6. The van der Waals surface area contributed by atoms with Gasteiger partial charge in [-0.05, 0) is 6.42 Å². The number of carbonyl (C=O) groups excluding carboxylic acids is 2. The number of rotatable bonds is 5. The monoisotopic (exact) mass is 269 g/mol. The Labute approximate surface area is 104 Å². The Balaban J connectivity index is 4.83. The summed E-state index contributed by atoms with van der Waals surface area (Å²) in [6.07, 6.45) is -4.35. The van der Waals surface area contributed by atoms with Crippen LogP contribution in [0, 0.1) is 0 Å². The van der Waals surface area contributed by atoms with Gasteiger partial charge in [0.15, 0.2) is 0 Å². The second kappa shape index (κ2) is 6.58. The quantitative estimate of drug-likeness (QED) is 0.775. The average molecular weight is 269 g/mol. The first-order valence-corrected chi connectivity index (χ1v) is 5.39. The normalized spacial score (nSPS) is 13.1. The molecule has 0 aromatic heterocycles. The maximum atomic E-state index is 12.3. The molecule has 0 aliphatic rings. The molecule has 0 aliphatic heterocycles. The average Bonchev–Trinajstić information content (AvgIpc) is 2.23. The lowest BCUT2D eigenvalue weighted by molar-refractivity contribution is -0.164. The lowest BCUT2D eigenvalue weighted by atomic mass is 10.2. The molecule has 0 fully saturated rings. The summed E-state index contributed by atoms with van der Waals surface area (Å²) < 4.78 is 37.0. The van der Waals surface area contributed by atoms with E-state index in [4.69, 9.17) is 5.73 Å². The molecule has 0 heterocycles. The van der Waals surface area contributed by atoms with Crippen LogP contribution in [0.15, 0.2) is 0 Å². The molecule has 1 unspecified atom stereocenters. The predicted molar refractivity (Wildman–Crippen MR) is 59.6 cm³/mol. The van der Waals surface area contributed by atoms with Crippen LogP contribution in [-0.4, -0.2) is 61.0 Å². The van der Waals surface area contributed by atoms with Crippen molar-refractivity contribution < 1.29 is 22.8 Å². The van der Waals surface area contributed by atoms with Gasteiger partial charge < -0.3 is 15.5 Å². The zero-order chi connectivity index (χ0) is 14.5. The fourth-order valence-electron chi connectivity index (χ4n) is 1.14. The Hall–Kier alpha value is -1.31. The summed E-state index contributed by atoms with van der Waals surface area (Å²) in [6.45, 7) is -0.514. The van der Waals surface area contributed by atoms with E-state index in [9.17, 15) is 22.8 Å². The van der Waals surface area contributed by atoms with Crippen molar-refractivity contribution in [2.45, 2.75) is 25.6 Å². The highest BCUT2D eigenvalue weighted by atomic mass is 19.4. The first-order valence-electron chi connectivity index (χ1n) is 5.39. The summed E-state index contributed by atoms with van der Waals surface area (Å²) in [5.74, 6) is -1.46. The van der Waals surface area contributed by atoms with Crippen molar-refractivity contribution in [2.75, 3.05) is 27.2 Å². The second-order valence-corrected chi connectivity index (χ2v) is 4.11. The van der Waals surface area contributed by atoms with Crippen LogP contribution in [0.1, 0.15) is 13.3 Å². The zero-order valence-corrected chi connectivity index (χ0v) is 10.6. The Kier molecular flexibility index (Phi) is 6.10. The first kappa shape index (κ1) is 16.7. The number of hydrogen-bond donors (Lipinski definition) is 1. The molecule has 1 atom stereocenters. The fourth-order valence-corrected chi connectivity index (χ4v) is 1.14. The Bertz CT molecular complexity index is 305. The Morgan fingerprint density at radius 2 is 1.78 bits per heavy atom. The molecular formula is C10H18F3N3O2. The van der Waals surface area contributed by atoms with Gasteiger partial charge in [0, 0.05) is 14.1 Å². The van der Waals surface area contributed by atoms with Gasteiger partial charge in [0.1, 0.15) is 13.1 Å². The van der Waals surface area contributed by atoms with Gasteiger partial charge in [-0.25, -0.2) is 0 Å². The Morgan fingerprint density at radius 1 is 1.28 bits per heavy atom. The van der Waals surface area contributed by atoms with Crippen molar-refractivity contribution in [2.24, 2.45) is 5.73 Å². The van der Waals surface area contributed by atoms with E-state index in [1.165, 1.54) is 14.1 Å². The maximum absolute atomic E-state index is 12.3. The van der Waals surface area contributed by atoms with Gasteiger partial charge in [-0.15, -0.1) is 0 Å². The molecule has 0 rings (SSSR count). The second-order valence-electron chi connectivity index (χ2n) is 4.11. The van der Waals surface area contributed by atoms with Gasteiger partial charge in [-0.1, -0.05) is 6.92 Å². The number of halogens is 3. The molecule has 0 aliphatic carbocycles. The maximum Gasteiger partial charge on any atom is 0.406 e. The highest BCUT2D eigenvalue weighted by Gasteiger charge is 2.35. The van der Waals surface area contributed by atoms with Crippen LogP contribution in [-0.2, 0) is 9.59 Å². The van der Waals surface area contributed by atoms with Crippen LogP contribution in [0.5, 0.6) is 0 Å². The highest BCUT2D eigenvalue weighted by Crippen LogP contribution is 2.17. The third-order valence-electron chi connectivity index (χ3n) is 2.26. The van der Waals surface area contributed by atoms with E-state index in [-0.39, 0.29) is 6.42 Å². The molecule has 18 heavy (non-hydrogen) atoms. The minimum atomic E-state index is -4.56. The summed E-state index contributed by atoms with van der Waals surface area (Å²) >= 11 is 0. The fraction of sp³-hybridized carbons (Fsp3) is 0.800. The molecule has 2 amide bonds. The number of alkyl halides is 3. The summed E-state index contributed by atoms with van der Waals surface area (Å²) in [7, 11) is 2.80. The van der Waals surface area contributed by atoms with Crippen LogP contribution in [0.25, 0.3) is 0 Å². The number of likely N-dealkylation sites (N-methyl/N-ethyl adjacent to an activating group) is 1. The number of nitrogens with two attached hydrogens (primary N) is 1. The molecule has 0 radical (unpaired) electrons. The van der Waals surface area contributed by atoms with E-state index >= 15 is 0 Å². The zero-order valence-electron chi connectivity index (χ0n) is 10.6. The van der Waals surface area contributed by atoms with E-state index in [2.05, 4.69) is 0 Å². The molecule has 8 heteroatoms. The molecular weight excluding hydrogens is 251 g/mol. The standard InChI is InChI=1S/C10H18F3N3O2/c1-4-7(14)9(18)16(6-10(11,12)13)5-8(17)15(2)3/h7H,4-6,14H2,1-3H3. The van der Waals surface area contributed by atoms with Crippen molar-refractivity contribution in [3.8, 4) is 0 Å². The van der Waals surface area contributed by atoms with E-state index in [0.29, 0.717) is 4.90 Å². The van der Waals surface area contributed by atoms with Crippen LogP contribution >= 0.6 is 0 Å². The van der Waals surface area contributed by atoms with Gasteiger partial charge in [-0.2, -0.15) is 13.2 Å². The van der Waals surface area contributed by atoms with E-state index < -0.39 is 37.1 Å². The van der Waals surface area contributed by atoms with E-state index in [1.54, 1.807) is 6.92 Å². The molecule has 2 N–H and O–H groups in total. The third-order valence-corrected chi connectivity index (χ3v) is 2.26. The number of amides is 2. The lowest BCUT2D eigenvalue weighted by Gasteiger charge is -2.26. The van der Waals surface area contributed by atoms with Gasteiger partial charge in [-0.3, -0.25) is 9.59 Å². The van der Waals surface area contributed by atoms with Gasteiger partial charge in [0.2, 0.25) is 11.8 Å². The van der Waals surface area contributed by atoms with Crippen LogP contribution < -0.4 is 5.73 Å². The van der Waals surface area contributed by atoms with E-state index in [1.807, 2.05) is 0 Å². The van der Waals surface area contributed by atoms with Crippen molar-refractivity contribution in [1.29, 1.82) is 0 Å². The molecule has 0 saturated heterocycles. The summed E-state index contributed by atoms with van der Waals surface area (Å²) in [5.41, 5.74) is 5.40. The van der Waals surface area contributed by atoms with Gasteiger partial charge in [0.05, 0.1) is 6.04 Å². The van der Waals surface area contributed by atoms with Crippen molar-refractivity contribution >= 4 is 11.8 Å². The van der Waals surface area contributed by atoms with Crippen LogP contribution in [0.4, 0.5) is 13.2 Å². The predicted octanol–water partition coefficient (Wildman–Crippen LogP) is 0.203. The topological polar surface area (TPSA) is 66.6 Å². The molecule has 5 nitrogen and oxygen atoms in total. The third kappa shape index (κ3) is 5.85. The summed E-state index contributed by atoms with van der Waals surface area (Å²) in [5, 5.41) is 0. The summed E-state index contributed by atoms with van der Waals surface area (Å²) in [6, 6.07) is -1.03. The van der Waals surface area contributed by atoms with E-state index in [0.717, 1.165) is 4.90 Å². The lowest BCUT2D eigenvalue weighted by Crippen LogP contribution is -2.50. The van der Waals surface area contributed by atoms with Gasteiger partial charge in [0.25, 0.3) is 0 Å². The van der Waals surface area contributed by atoms with Crippen molar-refractivity contribution in [3.63, 3.8) is 0 Å². The molecule has 0 aromatic carbocycles. The van der Waals surface area contributed by atoms with Crippen molar-refractivity contribution in [3.05, 3.63) is 0 Å². The number of carbonyl (C=O) groups is 2. The minimum absolute atomic E-state index is 0.212. The molecule has 0 saturated carbocycles. The minimum Gasteiger partial charge on any atom is -0.347 e. The molecule has 0 bridgehead atoms. The molecule has 0 spiro atoms. The highest BCUT2D eigenvalue weighted by molar-refractivity contribution is 5.87. The Morgan fingerprint density at radius 3 is 2.11 bits per heavy atom. The number of nitrogens with zero attached hydrogens (tertiary/aromatic N) is 2. The molecule has 106 valence electrons. The van der Waals surface area contributed by atoms with Gasteiger partial charge >= 0.3 is 6.18 Å². The first-order chi connectivity index (χ1) is 8.08. The van der Waals surface area contributed by atoms with Crippen LogP contribution in [0.3, 0.4) is 0 Å². The smallest absolute Gasteiger partial charge is 0.347 e. The largest absolute Gasteiger partial charge is 0.406 e. The molecule has 0 aromatic rings. The van der Waals surface area contributed by atoms with Crippen LogP contribution in [0.2, 0.25) is 0 Å².